The van der Waals surface area contributed by atoms with Crippen LogP contribution in [-0.4, -0.2) is 5.91 Å². The van der Waals surface area contributed by atoms with Crippen molar-refractivity contribution < 1.29 is 9.18 Å². The van der Waals surface area contributed by atoms with Gasteiger partial charge in [0.25, 0.3) is 0 Å². The van der Waals surface area contributed by atoms with E-state index in [0.717, 1.165) is 17.6 Å². The molecule has 0 bridgehead atoms. The molecular weight excluding hydrogens is 217 g/mol. The molecule has 1 aromatic carbocycles. The lowest BCUT2D eigenvalue weighted by atomic mass is 10.1. The van der Waals surface area contributed by atoms with Gasteiger partial charge in [-0.2, -0.15) is 0 Å². The number of hydrogen-bond donors (Lipinski definition) is 1. The van der Waals surface area contributed by atoms with Crippen molar-refractivity contribution in [2.24, 2.45) is 5.73 Å². The third kappa shape index (κ3) is 1.88. The number of allylic oxidation sites excluding steroid dienone is 1. The lowest BCUT2D eigenvalue weighted by molar-refractivity contribution is -0.113. The van der Waals surface area contributed by atoms with Crippen molar-refractivity contribution in [3.05, 3.63) is 40.2 Å². The topological polar surface area (TPSA) is 43.1 Å². The van der Waals surface area contributed by atoms with Crippen LogP contribution in [0.25, 0.3) is 5.57 Å². The Hall–Kier alpha value is -1.35. The minimum Gasteiger partial charge on any atom is -0.366 e. The van der Waals surface area contributed by atoms with E-state index in [4.69, 9.17) is 17.3 Å². The molecule has 2 rings (SSSR count). The number of carbonyl (C=O) groups excluding carboxylic acids is 1. The monoisotopic (exact) mass is 225 g/mol. The summed E-state index contributed by atoms with van der Waals surface area (Å²) in [4.78, 5) is 10.8. The van der Waals surface area contributed by atoms with Gasteiger partial charge in [-0.15, -0.1) is 0 Å². The minimum atomic E-state index is -0.516. The van der Waals surface area contributed by atoms with Gasteiger partial charge in [0.1, 0.15) is 5.82 Å². The largest absolute Gasteiger partial charge is 0.366 e. The van der Waals surface area contributed by atoms with Crippen molar-refractivity contribution in [3.63, 3.8) is 0 Å². The van der Waals surface area contributed by atoms with Gasteiger partial charge in [0.2, 0.25) is 5.91 Å². The van der Waals surface area contributed by atoms with Crippen LogP contribution < -0.4 is 5.73 Å². The van der Waals surface area contributed by atoms with Crippen LogP contribution in [0.1, 0.15) is 17.5 Å². The molecule has 0 radical (unpaired) electrons. The fourth-order valence-electron chi connectivity index (χ4n) is 1.86. The molecule has 0 saturated heterocycles. The molecule has 15 heavy (non-hydrogen) atoms. The number of benzene rings is 1. The Kier molecular flexibility index (Phi) is 2.49. The molecular formula is C11H9ClFNO. The van der Waals surface area contributed by atoms with Gasteiger partial charge in [-0.05, 0) is 41.7 Å². The van der Waals surface area contributed by atoms with E-state index < -0.39 is 11.7 Å². The van der Waals surface area contributed by atoms with Crippen molar-refractivity contribution in [2.45, 2.75) is 12.8 Å². The van der Waals surface area contributed by atoms with Gasteiger partial charge < -0.3 is 5.73 Å². The maximum Gasteiger partial charge on any atom is 0.241 e. The van der Waals surface area contributed by atoms with Gasteiger partial charge in [0.15, 0.2) is 0 Å². The van der Waals surface area contributed by atoms with Crippen LogP contribution in [0.15, 0.2) is 18.2 Å². The zero-order valence-corrected chi connectivity index (χ0v) is 8.64. The van der Waals surface area contributed by atoms with E-state index >= 15 is 0 Å². The average Bonchev–Trinajstić information content (AvgIpc) is 2.48. The third-order valence-corrected chi connectivity index (χ3v) is 2.80. The Morgan fingerprint density at radius 2 is 2.20 bits per heavy atom. The Morgan fingerprint density at radius 1 is 1.47 bits per heavy atom. The summed E-state index contributed by atoms with van der Waals surface area (Å²) in [6.45, 7) is 0. The number of primary amides is 1. The first-order valence-corrected chi connectivity index (χ1v) is 4.94. The molecule has 0 unspecified atom stereocenters. The summed E-state index contributed by atoms with van der Waals surface area (Å²) >= 11 is 5.89. The van der Waals surface area contributed by atoms with Crippen molar-refractivity contribution in [1.29, 1.82) is 0 Å². The van der Waals surface area contributed by atoms with E-state index in [2.05, 4.69) is 0 Å². The number of rotatable bonds is 1. The first-order valence-electron chi connectivity index (χ1n) is 4.56. The summed E-state index contributed by atoms with van der Waals surface area (Å²) in [5.41, 5.74) is 7.43. The van der Waals surface area contributed by atoms with Gasteiger partial charge in [-0.3, -0.25) is 4.79 Å². The standard InChI is InChI=1S/C11H9ClFNO/c12-10-5-7(13)4-9-6(3-11(14)15)1-2-8(9)10/h3-5H,1-2H2,(H2,14,15)/b6-3-. The summed E-state index contributed by atoms with van der Waals surface area (Å²) < 4.78 is 13.1. The molecule has 0 saturated carbocycles. The predicted octanol–water partition coefficient (Wildman–Crippen LogP) is 2.29. The molecule has 0 atom stereocenters. The van der Waals surface area contributed by atoms with Crippen LogP contribution in [0, 0.1) is 5.82 Å². The van der Waals surface area contributed by atoms with Gasteiger partial charge in [0.05, 0.1) is 0 Å². The third-order valence-electron chi connectivity index (χ3n) is 2.47. The van der Waals surface area contributed by atoms with Crippen LogP contribution in [0.3, 0.4) is 0 Å². The lowest BCUT2D eigenvalue weighted by Crippen LogP contribution is -2.06. The molecule has 1 amide bonds. The molecule has 1 aliphatic rings. The Bertz CT molecular complexity index is 468. The van der Waals surface area contributed by atoms with Crippen LogP contribution in [-0.2, 0) is 11.2 Å². The first-order chi connectivity index (χ1) is 7.08. The van der Waals surface area contributed by atoms with E-state index in [1.54, 1.807) is 0 Å². The maximum absolute atomic E-state index is 13.1. The zero-order chi connectivity index (χ0) is 11.0. The normalized spacial score (nSPS) is 16.8. The highest BCUT2D eigenvalue weighted by Gasteiger charge is 2.20. The van der Waals surface area contributed by atoms with Gasteiger partial charge >= 0.3 is 0 Å². The summed E-state index contributed by atoms with van der Waals surface area (Å²) in [5, 5.41) is 0.415. The summed E-state index contributed by atoms with van der Waals surface area (Å²) in [5.74, 6) is -0.908. The zero-order valence-electron chi connectivity index (χ0n) is 7.89. The minimum absolute atomic E-state index is 0.393. The van der Waals surface area contributed by atoms with Crippen molar-refractivity contribution >= 4 is 23.1 Å². The SMILES string of the molecule is NC(=O)/C=C1/CCc2c(Cl)cc(F)cc21. The van der Waals surface area contributed by atoms with E-state index in [1.807, 2.05) is 0 Å². The second-order valence-corrected chi connectivity index (χ2v) is 3.89. The number of fused-ring (bicyclic) bond motifs is 1. The predicted molar refractivity (Wildman–Crippen MR) is 56.9 cm³/mol. The summed E-state index contributed by atoms with van der Waals surface area (Å²) in [6.07, 6.45) is 2.75. The lowest BCUT2D eigenvalue weighted by Gasteiger charge is -2.02. The highest BCUT2D eigenvalue weighted by Crippen LogP contribution is 2.36. The van der Waals surface area contributed by atoms with E-state index in [1.165, 1.54) is 18.2 Å². The quantitative estimate of drug-likeness (QED) is 0.733. The van der Waals surface area contributed by atoms with E-state index in [9.17, 15) is 9.18 Å². The van der Waals surface area contributed by atoms with Crippen LogP contribution in [0.5, 0.6) is 0 Å². The molecule has 0 heterocycles. The van der Waals surface area contributed by atoms with Gasteiger partial charge in [-0.25, -0.2) is 4.39 Å². The van der Waals surface area contributed by atoms with Gasteiger partial charge in [-0.1, -0.05) is 11.6 Å². The van der Waals surface area contributed by atoms with E-state index in [0.29, 0.717) is 17.0 Å². The number of halogens is 2. The maximum atomic E-state index is 13.1. The molecule has 2 nitrogen and oxygen atoms in total. The smallest absolute Gasteiger partial charge is 0.241 e. The number of amides is 1. The molecule has 0 aliphatic heterocycles. The average molecular weight is 226 g/mol. The number of nitrogens with two attached hydrogens (primary N) is 1. The Labute approximate surface area is 91.5 Å². The van der Waals surface area contributed by atoms with Gasteiger partial charge in [0, 0.05) is 11.1 Å². The fourth-order valence-corrected chi connectivity index (χ4v) is 2.16. The van der Waals surface area contributed by atoms with Crippen molar-refractivity contribution in [1.82, 2.24) is 0 Å². The Morgan fingerprint density at radius 3 is 2.87 bits per heavy atom. The number of hydrogen-bond acceptors (Lipinski definition) is 1. The molecule has 1 aliphatic carbocycles. The second-order valence-electron chi connectivity index (χ2n) is 3.49. The molecule has 1 aromatic rings. The second kappa shape index (κ2) is 3.66. The fraction of sp³-hybridized carbons (Fsp3) is 0.182. The molecule has 0 spiro atoms. The van der Waals surface area contributed by atoms with Crippen molar-refractivity contribution in [3.8, 4) is 0 Å². The highest BCUT2D eigenvalue weighted by atomic mass is 35.5. The molecule has 78 valence electrons. The van der Waals surface area contributed by atoms with E-state index in [-0.39, 0.29) is 0 Å². The Balaban J connectivity index is 2.55. The molecule has 0 aromatic heterocycles. The molecule has 4 heteroatoms. The molecule has 0 fully saturated rings. The number of carbonyl (C=O) groups is 1. The van der Waals surface area contributed by atoms with Crippen LogP contribution >= 0.6 is 11.6 Å². The molecule has 2 N–H and O–H groups in total. The summed E-state index contributed by atoms with van der Waals surface area (Å²) in [6, 6.07) is 2.68. The first kappa shape index (κ1) is 10.2. The summed E-state index contributed by atoms with van der Waals surface area (Å²) in [7, 11) is 0. The van der Waals surface area contributed by atoms with Crippen LogP contribution in [0.2, 0.25) is 5.02 Å². The van der Waals surface area contributed by atoms with Crippen molar-refractivity contribution in [2.75, 3.05) is 0 Å². The van der Waals surface area contributed by atoms with Crippen LogP contribution in [0.4, 0.5) is 4.39 Å². The highest BCUT2D eigenvalue weighted by molar-refractivity contribution is 6.31.